The third kappa shape index (κ3) is 4.24. The lowest BCUT2D eigenvalue weighted by Crippen LogP contribution is -2.22. The Morgan fingerprint density at radius 3 is 2.54 bits per heavy atom. The second-order valence-electron chi connectivity index (χ2n) is 6.75. The molecule has 2 aromatic carbocycles. The highest BCUT2D eigenvalue weighted by molar-refractivity contribution is 5.65. The summed E-state index contributed by atoms with van der Waals surface area (Å²) in [4.78, 5) is 0. The topological polar surface area (TPSA) is 9.23 Å². The van der Waals surface area contributed by atoms with Crippen LogP contribution < -0.4 is 0 Å². The Bertz CT molecular complexity index is 648. The van der Waals surface area contributed by atoms with Crippen molar-refractivity contribution in [1.82, 2.24) is 0 Å². The molecule has 0 radical (unpaired) electrons. The second kappa shape index (κ2) is 8.43. The third-order valence-corrected chi connectivity index (χ3v) is 4.92. The molecule has 1 aliphatic heterocycles. The lowest BCUT2D eigenvalue weighted by atomic mass is 9.93. The van der Waals surface area contributed by atoms with Crippen LogP contribution in [0.15, 0.2) is 42.5 Å². The molecule has 0 bridgehead atoms. The lowest BCUT2D eigenvalue weighted by molar-refractivity contribution is 0.0195. The second-order valence-corrected chi connectivity index (χ2v) is 6.75. The van der Waals surface area contributed by atoms with Crippen LogP contribution in [0.5, 0.6) is 0 Å². The number of halogens is 1. The summed E-state index contributed by atoms with van der Waals surface area (Å²) in [6.07, 6.45) is 6.37. The zero-order valence-electron chi connectivity index (χ0n) is 14.6. The van der Waals surface area contributed by atoms with Gasteiger partial charge < -0.3 is 4.74 Å². The van der Waals surface area contributed by atoms with Gasteiger partial charge in [0.05, 0.1) is 19.4 Å². The van der Waals surface area contributed by atoms with Crippen molar-refractivity contribution < 1.29 is 9.13 Å². The van der Waals surface area contributed by atoms with E-state index in [0.29, 0.717) is 13.0 Å². The van der Waals surface area contributed by atoms with Gasteiger partial charge in [-0.15, -0.1) is 0 Å². The van der Waals surface area contributed by atoms with Gasteiger partial charge in [0.15, 0.2) is 0 Å². The molecular formula is C22H27FO. The first kappa shape index (κ1) is 17.2. The molecule has 0 aliphatic carbocycles. The molecule has 0 saturated carbocycles. The normalized spacial score (nSPS) is 16.8. The molecule has 2 heteroatoms. The minimum absolute atomic E-state index is 0.0377. The van der Waals surface area contributed by atoms with Crippen LogP contribution in [0.3, 0.4) is 0 Å². The minimum atomic E-state index is -0.303. The zero-order chi connectivity index (χ0) is 16.8. The van der Waals surface area contributed by atoms with E-state index in [9.17, 15) is 4.39 Å². The molecule has 24 heavy (non-hydrogen) atoms. The molecule has 0 fully saturated rings. The molecule has 2 aromatic rings. The fourth-order valence-electron chi connectivity index (χ4n) is 3.40. The van der Waals surface area contributed by atoms with E-state index in [4.69, 9.17) is 4.74 Å². The highest BCUT2D eigenvalue weighted by Crippen LogP contribution is 2.28. The summed E-state index contributed by atoms with van der Waals surface area (Å²) in [5, 5.41) is 0. The van der Waals surface area contributed by atoms with E-state index in [-0.39, 0.29) is 12.8 Å². The van der Waals surface area contributed by atoms with Crippen molar-refractivity contribution in [3.05, 3.63) is 59.2 Å². The summed E-state index contributed by atoms with van der Waals surface area (Å²) >= 11 is 0. The van der Waals surface area contributed by atoms with Crippen LogP contribution in [0.1, 0.15) is 49.3 Å². The van der Waals surface area contributed by atoms with Crippen LogP contribution in [0.4, 0.5) is 4.39 Å². The standard InChI is InChI=1S/C22H27FO/c1-2-3-4-5-17-6-8-18(9-7-17)19-10-11-20-15-22(12-13-23)24-16-21(20)14-19/h6-11,14,22H,2-5,12-13,15-16H2,1H3. The van der Waals surface area contributed by atoms with Gasteiger partial charge in [-0.2, -0.15) is 0 Å². The molecule has 1 atom stereocenters. The summed E-state index contributed by atoms with van der Waals surface area (Å²) in [6.45, 7) is 2.54. The van der Waals surface area contributed by atoms with Crippen molar-refractivity contribution in [2.45, 2.75) is 58.2 Å². The van der Waals surface area contributed by atoms with Gasteiger partial charge in [-0.1, -0.05) is 56.2 Å². The van der Waals surface area contributed by atoms with E-state index in [1.165, 1.54) is 53.5 Å². The van der Waals surface area contributed by atoms with E-state index in [1.54, 1.807) is 0 Å². The summed E-state index contributed by atoms with van der Waals surface area (Å²) in [7, 11) is 0. The number of hydrogen-bond donors (Lipinski definition) is 0. The van der Waals surface area contributed by atoms with E-state index < -0.39 is 0 Å². The molecule has 0 saturated heterocycles. The SMILES string of the molecule is CCCCCc1ccc(-c2ccc3c(c2)COC(CCF)C3)cc1. The van der Waals surface area contributed by atoms with Crippen LogP contribution in [0.25, 0.3) is 11.1 Å². The number of ether oxygens (including phenoxy) is 1. The van der Waals surface area contributed by atoms with Gasteiger partial charge in [0.25, 0.3) is 0 Å². The van der Waals surface area contributed by atoms with Crippen LogP contribution in [-0.4, -0.2) is 12.8 Å². The van der Waals surface area contributed by atoms with Crippen molar-refractivity contribution in [2.75, 3.05) is 6.67 Å². The fourth-order valence-corrected chi connectivity index (χ4v) is 3.40. The first-order valence-electron chi connectivity index (χ1n) is 9.19. The van der Waals surface area contributed by atoms with Gasteiger partial charge in [0.2, 0.25) is 0 Å². The van der Waals surface area contributed by atoms with E-state index in [0.717, 1.165) is 6.42 Å². The van der Waals surface area contributed by atoms with Crippen molar-refractivity contribution in [1.29, 1.82) is 0 Å². The molecular weight excluding hydrogens is 299 g/mol. The van der Waals surface area contributed by atoms with E-state index in [2.05, 4.69) is 49.4 Å². The van der Waals surface area contributed by atoms with E-state index >= 15 is 0 Å². The maximum absolute atomic E-state index is 12.5. The number of unbranched alkanes of at least 4 members (excludes halogenated alkanes) is 2. The summed E-state index contributed by atoms with van der Waals surface area (Å²) in [5.41, 5.74) is 6.46. The zero-order valence-corrected chi connectivity index (χ0v) is 14.6. The predicted molar refractivity (Wildman–Crippen MR) is 98.0 cm³/mol. The van der Waals surface area contributed by atoms with Crippen LogP contribution in [0.2, 0.25) is 0 Å². The monoisotopic (exact) mass is 326 g/mol. The summed E-state index contributed by atoms with van der Waals surface area (Å²) in [6, 6.07) is 15.5. The summed E-state index contributed by atoms with van der Waals surface area (Å²) in [5.74, 6) is 0. The largest absolute Gasteiger partial charge is 0.373 e. The molecule has 0 N–H and O–H groups in total. The average Bonchev–Trinajstić information content (AvgIpc) is 2.62. The van der Waals surface area contributed by atoms with Crippen LogP contribution >= 0.6 is 0 Å². The van der Waals surface area contributed by atoms with Crippen LogP contribution in [0, 0.1) is 0 Å². The van der Waals surface area contributed by atoms with Crippen molar-refractivity contribution >= 4 is 0 Å². The molecule has 1 nitrogen and oxygen atoms in total. The maximum Gasteiger partial charge on any atom is 0.0919 e. The predicted octanol–water partition coefficient (Wildman–Crippen LogP) is 5.89. The molecule has 0 amide bonds. The Labute approximate surface area is 144 Å². The van der Waals surface area contributed by atoms with Gasteiger partial charge in [0.1, 0.15) is 0 Å². The molecule has 3 rings (SSSR count). The van der Waals surface area contributed by atoms with E-state index in [1.807, 2.05) is 0 Å². The first-order chi connectivity index (χ1) is 11.8. The number of fused-ring (bicyclic) bond motifs is 1. The minimum Gasteiger partial charge on any atom is -0.373 e. The number of hydrogen-bond acceptors (Lipinski definition) is 1. The molecule has 1 unspecified atom stereocenters. The molecule has 0 spiro atoms. The molecule has 128 valence electrons. The molecule has 1 heterocycles. The smallest absolute Gasteiger partial charge is 0.0919 e. The number of benzene rings is 2. The number of rotatable bonds is 7. The van der Waals surface area contributed by atoms with Gasteiger partial charge in [-0.3, -0.25) is 4.39 Å². The fraction of sp³-hybridized carbons (Fsp3) is 0.455. The van der Waals surface area contributed by atoms with Gasteiger partial charge >= 0.3 is 0 Å². The quantitative estimate of drug-likeness (QED) is 0.577. The number of alkyl halides is 1. The van der Waals surface area contributed by atoms with Gasteiger partial charge in [-0.05, 0) is 53.1 Å². The Balaban J connectivity index is 1.69. The first-order valence-corrected chi connectivity index (χ1v) is 9.19. The lowest BCUT2D eigenvalue weighted by Gasteiger charge is -2.25. The Hall–Kier alpha value is -1.67. The highest BCUT2D eigenvalue weighted by Gasteiger charge is 2.19. The summed E-state index contributed by atoms with van der Waals surface area (Å²) < 4.78 is 18.3. The Morgan fingerprint density at radius 2 is 1.79 bits per heavy atom. The maximum atomic E-state index is 12.5. The van der Waals surface area contributed by atoms with Crippen molar-refractivity contribution in [3.63, 3.8) is 0 Å². The Kier molecular flexibility index (Phi) is 6.03. The highest BCUT2D eigenvalue weighted by atomic mass is 19.1. The number of aryl methyl sites for hydroxylation is 1. The van der Waals surface area contributed by atoms with Crippen molar-refractivity contribution in [3.8, 4) is 11.1 Å². The third-order valence-electron chi connectivity index (χ3n) is 4.92. The molecule has 1 aliphatic rings. The van der Waals surface area contributed by atoms with Gasteiger partial charge in [-0.25, -0.2) is 0 Å². The van der Waals surface area contributed by atoms with Crippen LogP contribution in [-0.2, 0) is 24.2 Å². The van der Waals surface area contributed by atoms with Crippen molar-refractivity contribution in [2.24, 2.45) is 0 Å². The molecule has 0 aromatic heterocycles. The Morgan fingerprint density at radius 1 is 1.00 bits per heavy atom. The van der Waals surface area contributed by atoms with Gasteiger partial charge in [0, 0.05) is 6.42 Å². The average molecular weight is 326 g/mol.